The Morgan fingerprint density at radius 1 is 0.861 bits per heavy atom. The van der Waals surface area contributed by atoms with Gasteiger partial charge in [0.15, 0.2) is 0 Å². The maximum Gasteiger partial charge on any atom is 0.249 e. The maximum atomic E-state index is 4.03. The molecule has 0 aliphatic carbocycles. The number of hydrogen-bond donors (Lipinski definition) is 0. The van der Waals surface area contributed by atoms with Gasteiger partial charge in [-0.05, 0) is 74.8 Å². The van der Waals surface area contributed by atoms with Crippen LogP contribution in [-0.2, 0) is 0 Å². The van der Waals surface area contributed by atoms with Gasteiger partial charge in [-0.25, -0.2) is 0 Å². The summed E-state index contributed by atoms with van der Waals surface area (Å²) in [5, 5.41) is 5.47. The van der Waals surface area contributed by atoms with Gasteiger partial charge in [0.25, 0.3) is 0 Å². The van der Waals surface area contributed by atoms with Gasteiger partial charge in [0.2, 0.25) is 6.71 Å². The third-order valence-corrected chi connectivity index (χ3v) is 9.93. The molecule has 0 saturated carbocycles. The molecule has 36 heavy (non-hydrogen) atoms. The molecule has 0 bridgehead atoms. The normalized spacial score (nSPS) is 20.9. The predicted octanol–water partition coefficient (Wildman–Crippen LogP) is 7.49. The number of allylic oxidation sites excluding steroid dienone is 5. The average Bonchev–Trinajstić information content (AvgIpc) is 3.06. The third kappa shape index (κ3) is 3.12. The fraction of sp³-hybridized carbons (Fsp3) is 0.212. The zero-order valence-electron chi connectivity index (χ0n) is 21.0. The van der Waals surface area contributed by atoms with Crippen LogP contribution in [0.2, 0.25) is 0 Å². The van der Waals surface area contributed by atoms with Crippen LogP contribution in [0.1, 0.15) is 26.7 Å². The molecule has 0 radical (unpaired) electrons. The van der Waals surface area contributed by atoms with Gasteiger partial charge in [-0.15, -0.1) is 0 Å². The van der Waals surface area contributed by atoms with Crippen LogP contribution in [0.4, 0.5) is 5.69 Å². The van der Waals surface area contributed by atoms with E-state index in [2.05, 4.69) is 104 Å². The molecule has 0 amide bonds. The molecule has 7 rings (SSSR count). The highest BCUT2D eigenvalue weighted by molar-refractivity contribution is 8.00. The molecule has 4 aromatic rings. The van der Waals surface area contributed by atoms with E-state index in [9.17, 15) is 0 Å². The standard InChI is InChI=1S/C33H30BNS/c1-4-5-15-27-28-19-18-21(2)22(3)20-35(28)29-16-10-17-30-32(29)34(27)31-25-13-8-6-11-23(25)24-12-7-9-14-26(24)33(31)36-30/h4-17,21-22H,1,18-20H2,2-3H3/b15-5-. The van der Waals surface area contributed by atoms with E-state index in [1.165, 1.54) is 65.5 Å². The van der Waals surface area contributed by atoms with Crippen LogP contribution in [0.3, 0.4) is 0 Å². The Balaban J connectivity index is 1.62. The molecule has 0 spiro atoms. The Bertz CT molecular complexity index is 1610. The fourth-order valence-corrected chi connectivity index (χ4v) is 8.01. The highest BCUT2D eigenvalue weighted by Gasteiger charge is 2.43. The molecule has 2 atom stereocenters. The lowest BCUT2D eigenvalue weighted by Crippen LogP contribution is -2.55. The zero-order chi connectivity index (χ0) is 24.4. The molecule has 176 valence electrons. The van der Waals surface area contributed by atoms with Crippen molar-refractivity contribution in [3.63, 3.8) is 0 Å². The third-order valence-electron chi connectivity index (χ3n) is 8.71. The molecular formula is C33H30BNS. The van der Waals surface area contributed by atoms with Crippen LogP contribution in [0, 0.1) is 11.8 Å². The molecule has 3 heterocycles. The topological polar surface area (TPSA) is 3.24 Å². The summed E-state index contributed by atoms with van der Waals surface area (Å²) in [6.45, 7) is 10.2. The van der Waals surface area contributed by atoms with Crippen molar-refractivity contribution >= 4 is 56.6 Å². The van der Waals surface area contributed by atoms with Gasteiger partial charge in [-0.2, -0.15) is 0 Å². The van der Waals surface area contributed by atoms with E-state index >= 15 is 0 Å². The smallest absolute Gasteiger partial charge is 0.249 e. The average molecular weight is 483 g/mol. The van der Waals surface area contributed by atoms with Gasteiger partial charge < -0.3 is 4.90 Å². The number of anilines is 1. The van der Waals surface area contributed by atoms with Crippen molar-refractivity contribution in [2.45, 2.75) is 36.5 Å². The van der Waals surface area contributed by atoms with Crippen molar-refractivity contribution in [2.24, 2.45) is 11.8 Å². The lowest BCUT2D eigenvalue weighted by atomic mass is 9.33. The highest BCUT2D eigenvalue weighted by atomic mass is 32.2. The molecule has 0 aromatic heterocycles. The summed E-state index contributed by atoms with van der Waals surface area (Å²) in [4.78, 5) is 5.49. The van der Waals surface area contributed by atoms with Gasteiger partial charge in [0.1, 0.15) is 0 Å². The number of nitrogens with zero attached hydrogens (tertiary/aromatic N) is 1. The van der Waals surface area contributed by atoms with Crippen molar-refractivity contribution in [1.82, 2.24) is 0 Å². The van der Waals surface area contributed by atoms with Gasteiger partial charge in [-0.1, -0.05) is 105 Å². The molecule has 2 unspecified atom stereocenters. The van der Waals surface area contributed by atoms with E-state index in [1.54, 1.807) is 0 Å². The van der Waals surface area contributed by atoms with Crippen LogP contribution in [0.25, 0.3) is 21.5 Å². The Hall–Kier alpha value is -3.17. The summed E-state index contributed by atoms with van der Waals surface area (Å²) in [6.07, 6.45) is 8.80. The minimum absolute atomic E-state index is 0.230. The molecule has 1 nitrogen and oxygen atoms in total. The number of hydrogen-bond acceptors (Lipinski definition) is 2. The van der Waals surface area contributed by atoms with E-state index in [0.29, 0.717) is 5.92 Å². The van der Waals surface area contributed by atoms with Crippen molar-refractivity contribution in [1.29, 1.82) is 0 Å². The fourth-order valence-electron chi connectivity index (χ4n) is 6.68. The first kappa shape index (κ1) is 22.1. The number of fused-ring (bicyclic) bond motifs is 9. The lowest BCUT2D eigenvalue weighted by Gasteiger charge is -2.42. The second-order valence-corrected chi connectivity index (χ2v) is 11.7. The van der Waals surface area contributed by atoms with E-state index in [1.807, 2.05) is 17.8 Å². The van der Waals surface area contributed by atoms with Crippen LogP contribution < -0.4 is 15.8 Å². The van der Waals surface area contributed by atoms with Crippen molar-refractivity contribution in [3.05, 3.63) is 103 Å². The molecule has 4 aromatic carbocycles. The highest BCUT2D eigenvalue weighted by Crippen LogP contribution is 2.45. The Kier molecular flexibility index (Phi) is 5.18. The molecule has 3 heteroatoms. The van der Waals surface area contributed by atoms with E-state index < -0.39 is 0 Å². The lowest BCUT2D eigenvalue weighted by molar-refractivity contribution is 0.390. The summed E-state index contributed by atoms with van der Waals surface area (Å²) in [5.41, 5.74) is 7.35. The summed E-state index contributed by atoms with van der Waals surface area (Å²) < 4.78 is 0. The van der Waals surface area contributed by atoms with Crippen LogP contribution in [-0.4, -0.2) is 13.3 Å². The first-order valence-corrected chi connectivity index (χ1v) is 14.0. The summed E-state index contributed by atoms with van der Waals surface area (Å²) >= 11 is 1.97. The van der Waals surface area contributed by atoms with E-state index in [-0.39, 0.29) is 6.71 Å². The maximum absolute atomic E-state index is 4.03. The quantitative estimate of drug-likeness (QED) is 0.165. The first-order valence-electron chi connectivity index (χ1n) is 13.2. The van der Waals surface area contributed by atoms with Gasteiger partial charge in [-0.3, -0.25) is 0 Å². The minimum atomic E-state index is 0.230. The Morgan fingerprint density at radius 3 is 2.36 bits per heavy atom. The summed E-state index contributed by atoms with van der Waals surface area (Å²) in [7, 11) is 0. The van der Waals surface area contributed by atoms with Crippen LogP contribution in [0.15, 0.2) is 112 Å². The largest absolute Gasteiger partial charge is 0.346 e. The van der Waals surface area contributed by atoms with Crippen molar-refractivity contribution in [3.8, 4) is 0 Å². The second kappa shape index (κ2) is 8.45. The van der Waals surface area contributed by atoms with E-state index in [0.717, 1.165) is 18.9 Å². The first-order chi connectivity index (χ1) is 17.7. The second-order valence-electron chi connectivity index (χ2n) is 10.7. The van der Waals surface area contributed by atoms with E-state index in [4.69, 9.17) is 0 Å². The summed E-state index contributed by atoms with van der Waals surface area (Å²) in [6, 6.07) is 25.0. The summed E-state index contributed by atoms with van der Waals surface area (Å²) in [5.74, 6) is 1.38. The zero-order valence-corrected chi connectivity index (χ0v) is 21.8. The molecule has 3 aliphatic rings. The monoisotopic (exact) mass is 483 g/mol. The molecular weight excluding hydrogens is 453 g/mol. The number of benzene rings is 4. The molecule has 1 fully saturated rings. The minimum Gasteiger partial charge on any atom is -0.346 e. The van der Waals surface area contributed by atoms with Gasteiger partial charge in [0.05, 0.1) is 0 Å². The number of rotatable bonds is 2. The van der Waals surface area contributed by atoms with Crippen molar-refractivity contribution < 1.29 is 0 Å². The Labute approximate surface area is 218 Å². The van der Waals surface area contributed by atoms with Crippen molar-refractivity contribution in [2.75, 3.05) is 11.4 Å². The SMILES string of the molecule is C=C/C=C\C1=C2CCC(C)C(C)CN2c2cccc3c2B1c1c(c2ccccc2c2ccccc12)S3. The van der Waals surface area contributed by atoms with Gasteiger partial charge in [0, 0.05) is 27.7 Å². The molecule has 0 N–H and O–H groups in total. The molecule has 1 saturated heterocycles. The van der Waals surface area contributed by atoms with Gasteiger partial charge >= 0.3 is 0 Å². The molecule has 3 aliphatic heterocycles. The van der Waals surface area contributed by atoms with Crippen LogP contribution in [0.5, 0.6) is 0 Å². The predicted molar refractivity (Wildman–Crippen MR) is 158 cm³/mol. The van der Waals surface area contributed by atoms with Crippen LogP contribution >= 0.6 is 11.8 Å². The Morgan fingerprint density at radius 2 is 1.58 bits per heavy atom.